The highest BCUT2D eigenvalue weighted by Gasteiger charge is 2.21. The SMILES string of the molecule is Clc1cccc(Oc2nnc(CNC3CC3)s2)c1Cl. The van der Waals surface area contributed by atoms with Crippen LogP contribution in [0.15, 0.2) is 18.2 Å². The number of halogens is 2. The van der Waals surface area contributed by atoms with Crippen molar-refractivity contribution in [3.05, 3.63) is 33.3 Å². The summed E-state index contributed by atoms with van der Waals surface area (Å²) in [5, 5.41) is 13.6. The van der Waals surface area contributed by atoms with Crippen LogP contribution in [0.3, 0.4) is 0 Å². The Bertz CT molecular complexity index is 586. The summed E-state index contributed by atoms with van der Waals surface area (Å²) < 4.78 is 5.59. The second kappa shape index (κ2) is 5.63. The zero-order valence-corrected chi connectivity index (χ0v) is 12.2. The lowest BCUT2D eigenvalue weighted by Crippen LogP contribution is -2.14. The van der Waals surface area contributed by atoms with Crippen LogP contribution in [0, 0.1) is 0 Å². The van der Waals surface area contributed by atoms with Crippen molar-refractivity contribution >= 4 is 34.5 Å². The minimum absolute atomic E-state index is 0.386. The molecule has 0 radical (unpaired) electrons. The second-order valence-electron chi connectivity index (χ2n) is 4.27. The van der Waals surface area contributed by atoms with Gasteiger partial charge < -0.3 is 10.1 Å². The normalized spacial score (nSPS) is 14.6. The van der Waals surface area contributed by atoms with Gasteiger partial charge in [-0.05, 0) is 25.0 Å². The summed E-state index contributed by atoms with van der Waals surface area (Å²) in [4.78, 5) is 0. The van der Waals surface area contributed by atoms with Gasteiger partial charge in [0.2, 0.25) is 0 Å². The number of rotatable bonds is 5. The third kappa shape index (κ3) is 3.36. The van der Waals surface area contributed by atoms with Gasteiger partial charge in [0.1, 0.15) is 10.0 Å². The third-order valence-corrected chi connectivity index (χ3v) is 4.28. The minimum atomic E-state index is 0.386. The van der Waals surface area contributed by atoms with Crippen molar-refractivity contribution in [3.8, 4) is 10.9 Å². The number of hydrogen-bond acceptors (Lipinski definition) is 5. The summed E-state index contributed by atoms with van der Waals surface area (Å²) in [5.41, 5.74) is 0. The molecule has 2 aromatic rings. The second-order valence-corrected chi connectivity index (χ2v) is 6.08. The molecule has 1 heterocycles. The molecule has 0 bridgehead atoms. The first-order chi connectivity index (χ1) is 9.22. The van der Waals surface area contributed by atoms with Gasteiger partial charge in [-0.2, -0.15) is 0 Å². The number of aromatic nitrogens is 2. The lowest BCUT2D eigenvalue weighted by molar-refractivity contribution is 0.473. The first-order valence-corrected chi connectivity index (χ1v) is 7.47. The van der Waals surface area contributed by atoms with Crippen molar-refractivity contribution in [1.82, 2.24) is 15.5 Å². The van der Waals surface area contributed by atoms with Crippen LogP contribution in [0.4, 0.5) is 0 Å². The fourth-order valence-corrected chi connectivity index (χ4v) is 2.51. The summed E-state index contributed by atoms with van der Waals surface area (Å²) in [6, 6.07) is 5.88. The molecule has 1 aliphatic carbocycles. The van der Waals surface area contributed by atoms with Crippen LogP contribution in [-0.4, -0.2) is 16.2 Å². The standard InChI is InChI=1S/C12H11Cl2N3OS/c13-8-2-1-3-9(11(8)14)18-12-17-16-10(19-12)6-15-7-4-5-7/h1-3,7,15H,4-6H2. The minimum Gasteiger partial charge on any atom is -0.428 e. The molecule has 1 saturated carbocycles. The van der Waals surface area contributed by atoms with Crippen molar-refractivity contribution in [2.45, 2.75) is 25.4 Å². The first-order valence-electron chi connectivity index (χ1n) is 5.90. The predicted octanol–water partition coefficient (Wildman–Crippen LogP) is 3.89. The van der Waals surface area contributed by atoms with Gasteiger partial charge in [-0.1, -0.05) is 45.7 Å². The maximum absolute atomic E-state index is 6.05. The van der Waals surface area contributed by atoms with Gasteiger partial charge in [0.15, 0.2) is 5.75 Å². The van der Waals surface area contributed by atoms with E-state index in [1.54, 1.807) is 18.2 Å². The lowest BCUT2D eigenvalue weighted by atomic mass is 10.3. The molecule has 0 amide bonds. The quantitative estimate of drug-likeness (QED) is 0.909. The molecular formula is C12H11Cl2N3OS. The van der Waals surface area contributed by atoms with Gasteiger partial charge in [0.25, 0.3) is 5.19 Å². The molecule has 1 fully saturated rings. The zero-order valence-electron chi connectivity index (χ0n) is 9.90. The van der Waals surface area contributed by atoms with Gasteiger partial charge >= 0.3 is 0 Å². The van der Waals surface area contributed by atoms with E-state index in [4.69, 9.17) is 27.9 Å². The zero-order chi connectivity index (χ0) is 13.2. The molecule has 3 rings (SSSR count). The Labute approximate surface area is 124 Å². The maximum atomic E-state index is 6.05. The van der Waals surface area contributed by atoms with E-state index < -0.39 is 0 Å². The van der Waals surface area contributed by atoms with Crippen LogP contribution in [0.25, 0.3) is 0 Å². The Hall–Kier alpha value is -0.880. The average Bonchev–Trinajstić information content (AvgIpc) is 3.13. The van der Waals surface area contributed by atoms with Gasteiger partial charge in [-0.15, -0.1) is 5.10 Å². The van der Waals surface area contributed by atoms with Crippen molar-refractivity contribution in [2.75, 3.05) is 0 Å². The highest BCUT2D eigenvalue weighted by Crippen LogP contribution is 2.35. The summed E-state index contributed by atoms with van der Waals surface area (Å²) in [7, 11) is 0. The molecule has 1 aliphatic rings. The van der Waals surface area contributed by atoms with E-state index in [1.165, 1.54) is 24.2 Å². The molecule has 0 spiro atoms. The molecule has 0 atom stereocenters. The monoisotopic (exact) mass is 315 g/mol. The number of nitrogens with one attached hydrogen (secondary N) is 1. The van der Waals surface area contributed by atoms with E-state index in [9.17, 15) is 0 Å². The Balaban J connectivity index is 1.67. The van der Waals surface area contributed by atoms with Crippen LogP contribution < -0.4 is 10.1 Å². The highest BCUT2D eigenvalue weighted by molar-refractivity contribution is 7.13. The van der Waals surface area contributed by atoms with E-state index in [1.807, 2.05) is 0 Å². The summed E-state index contributed by atoms with van der Waals surface area (Å²) in [6.45, 7) is 0.731. The molecule has 0 aliphatic heterocycles. The van der Waals surface area contributed by atoms with Crippen LogP contribution in [0.1, 0.15) is 17.8 Å². The van der Waals surface area contributed by atoms with Crippen molar-refractivity contribution < 1.29 is 4.74 Å². The fraction of sp³-hybridized carbons (Fsp3) is 0.333. The summed E-state index contributed by atoms with van der Waals surface area (Å²) >= 11 is 13.4. The van der Waals surface area contributed by atoms with Gasteiger partial charge in [0.05, 0.1) is 11.6 Å². The molecule has 19 heavy (non-hydrogen) atoms. The van der Waals surface area contributed by atoms with Crippen molar-refractivity contribution in [1.29, 1.82) is 0 Å². The molecule has 1 N–H and O–H groups in total. The number of nitrogens with zero attached hydrogens (tertiary/aromatic N) is 2. The number of hydrogen-bond donors (Lipinski definition) is 1. The lowest BCUT2D eigenvalue weighted by Gasteiger charge is -2.04. The Morgan fingerprint density at radius 3 is 2.95 bits per heavy atom. The van der Waals surface area contributed by atoms with Gasteiger partial charge in [0, 0.05) is 6.04 Å². The first kappa shape index (κ1) is 13.1. The van der Waals surface area contributed by atoms with Crippen LogP contribution in [0.5, 0.6) is 10.9 Å². The third-order valence-electron chi connectivity index (χ3n) is 2.68. The summed E-state index contributed by atoms with van der Waals surface area (Å²) in [5.74, 6) is 0.493. The molecule has 7 heteroatoms. The molecule has 4 nitrogen and oxygen atoms in total. The van der Waals surface area contributed by atoms with Crippen LogP contribution in [0.2, 0.25) is 10.0 Å². The highest BCUT2D eigenvalue weighted by atomic mass is 35.5. The van der Waals surface area contributed by atoms with Gasteiger partial charge in [-0.25, -0.2) is 0 Å². The molecule has 0 unspecified atom stereocenters. The molecule has 100 valence electrons. The molecular weight excluding hydrogens is 305 g/mol. The van der Waals surface area contributed by atoms with E-state index in [0.29, 0.717) is 27.0 Å². The predicted molar refractivity (Wildman–Crippen MR) is 76.3 cm³/mol. The van der Waals surface area contributed by atoms with Crippen molar-refractivity contribution in [3.63, 3.8) is 0 Å². The van der Waals surface area contributed by atoms with Gasteiger partial charge in [-0.3, -0.25) is 0 Å². The van der Waals surface area contributed by atoms with E-state index in [2.05, 4.69) is 15.5 Å². The van der Waals surface area contributed by atoms with E-state index in [-0.39, 0.29) is 0 Å². The molecule has 1 aromatic heterocycles. The maximum Gasteiger partial charge on any atom is 0.299 e. The Kier molecular flexibility index (Phi) is 3.88. The fourth-order valence-electron chi connectivity index (χ4n) is 1.53. The number of ether oxygens (including phenoxy) is 1. The summed E-state index contributed by atoms with van der Waals surface area (Å²) in [6.07, 6.45) is 2.50. The smallest absolute Gasteiger partial charge is 0.299 e. The average molecular weight is 316 g/mol. The Morgan fingerprint density at radius 1 is 1.32 bits per heavy atom. The molecule has 0 saturated heterocycles. The topological polar surface area (TPSA) is 47.0 Å². The Morgan fingerprint density at radius 2 is 2.16 bits per heavy atom. The van der Waals surface area contributed by atoms with E-state index >= 15 is 0 Å². The number of benzene rings is 1. The molecule has 1 aromatic carbocycles. The van der Waals surface area contributed by atoms with Crippen LogP contribution >= 0.6 is 34.5 Å². The van der Waals surface area contributed by atoms with Crippen LogP contribution in [-0.2, 0) is 6.54 Å². The van der Waals surface area contributed by atoms with Crippen molar-refractivity contribution in [2.24, 2.45) is 0 Å². The van der Waals surface area contributed by atoms with E-state index in [0.717, 1.165) is 11.6 Å². The largest absolute Gasteiger partial charge is 0.428 e.